The molecule has 1 aromatic rings. The van der Waals surface area contributed by atoms with Gasteiger partial charge < -0.3 is 10.6 Å². The fraction of sp³-hybridized carbons (Fsp3) is 0.750. The van der Waals surface area contributed by atoms with Gasteiger partial charge in [0.2, 0.25) is 5.95 Å². The lowest BCUT2D eigenvalue weighted by Gasteiger charge is -2.08. The number of unbranched alkanes of at least 4 members (excludes halogenated alkanes) is 1. The van der Waals surface area contributed by atoms with Gasteiger partial charge in [-0.3, -0.25) is 0 Å². The molecule has 0 aliphatic heterocycles. The zero-order valence-electron chi connectivity index (χ0n) is 11.0. The summed E-state index contributed by atoms with van der Waals surface area (Å²) >= 11 is 0. The Bertz CT molecular complexity index is 314. The Morgan fingerprint density at radius 2 is 2.06 bits per heavy atom. The van der Waals surface area contributed by atoms with Crippen LogP contribution in [-0.4, -0.2) is 28.3 Å². The molecule has 1 aromatic heterocycles. The van der Waals surface area contributed by atoms with E-state index in [-0.39, 0.29) is 0 Å². The zero-order chi connectivity index (χ0) is 12.5. The van der Waals surface area contributed by atoms with Crippen molar-refractivity contribution >= 4 is 11.8 Å². The van der Waals surface area contributed by atoms with Crippen LogP contribution in [-0.2, 0) is 0 Å². The molecule has 96 valence electrons. The molecule has 0 saturated carbocycles. The predicted molar refractivity (Wildman–Crippen MR) is 71.2 cm³/mol. The Morgan fingerprint density at radius 1 is 1.24 bits per heavy atom. The highest BCUT2D eigenvalue weighted by Gasteiger charge is 2.00. The highest BCUT2D eigenvalue weighted by Crippen LogP contribution is 2.05. The van der Waals surface area contributed by atoms with Crippen molar-refractivity contribution in [3.8, 4) is 0 Å². The zero-order valence-corrected chi connectivity index (χ0v) is 11.0. The second-order valence-electron chi connectivity index (χ2n) is 4.55. The summed E-state index contributed by atoms with van der Waals surface area (Å²) in [5.74, 6) is 2.09. The van der Waals surface area contributed by atoms with E-state index in [1.165, 1.54) is 0 Å². The van der Waals surface area contributed by atoms with Crippen LogP contribution in [0.3, 0.4) is 0 Å². The molecule has 2 N–H and O–H groups in total. The first-order valence-corrected chi connectivity index (χ1v) is 6.39. The summed E-state index contributed by atoms with van der Waals surface area (Å²) in [4.78, 5) is 4.35. The average molecular weight is 237 g/mol. The van der Waals surface area contributed by atoms with Crippen molar-refractivity contribution in [1.29, 1.82) is 0 Å². The van der Waals surface area contributed by atoms with Crippen LogP contribution in [0, 0.1) is 5.92 Å². The normalized spacial score (nSPS) is 10.6. The Hall–Kier alpha value is -1.39. The van der Waals surface area contributed by atoms with Crippen LogP contribution in [0.4, 0.5) is 11.8 Å². The molecule has 0 amide bonds. The third-order valence-electron chi connectivity index (χ3n) is 2.40. The lowest BCUT2D eigenvalue weighted by molar-refractivity contribution is 0.606. The molecule has 0 atom stereocenters. The molecule has 0 bridgehead atoms. The van der Waals surface area contributed by atoms with E-state index in [1.807, 2.05) is 0 Å². The number of nitrogens with one attached hydrogen (secondary N) is 2. The topological polar surface area (TPSA) is 62.7 Å². The number of hydrogen-bond acceptors (Lipinski definition) is 5. The Morgan fingerprint density at radius 3 is 2.76 bits per heavy atom. The molecule has 0 radical (unpaired) electrons. The number of rotatable bonds is 8. The summed E-state index contributed by atoms with van der Waals surface area (Å²) in [6.07, 6.45) is 5.06. The number of nitrogens with zero attached hydrogens (tertiary/aromatic N) is 3. The van der Waals surface area contributed by atoms with Gasteiger partial charge in [-0.05, 0) is 18.8 Å². The van der Waals surface area contributed by atoms with E-state index in [2.05, 4.69) is 46.6 Å². The third kappa shape index (κ3) is 6.04. The van der Waals surface area contributed by atoms with Gasteiger partial charge in [0.1, 0.15) is 5.82 Å². The maximum absolute atomic E-state index is 4.35. The Balaban J connectivity index is 2.37. The molecule has 0 aliphatic carbocycles. The number of hydrogen-bond donors (Lipinski definition) is 2. The summed E-state index contributed by atoms with van der Waals surface area (Å²) in [6.45, 7) is 8.39. The van der Waals surface area contributed by atoms with Crippen LogP contribution in [0.5, 0.6) is 0 Å². The largest absolute Gasteiger partial charge is 0.369 e. The molecule has 0 aliphatic rings. The average Bonchev–Trinajstić information content (AvgIpc) is 2.29. The van der Waals surface area contributed by atoms with E-state index in [9.17, 15) is 0 Å². The number of aromatic nitrogens is 3. The molecule has 0 fully saturated rings. The van der Waals surface area contributed by atoms with E-state index in [0.717, 1.165) is 38.2 Å². The van der Waals surface area contributed by atoms with Crippen molar-refractivity contribution in [2.45, 2.75) is 40.0 Å². The van der Waals surface area contributed by atoms with Gasteiger partial charge in [-0.1, -0.05) is 27.2 Å². The molecule has 17 heavy (non-hydrogen) atoms. The molecule has 5 heteroatoms. The monoisotopic (exact) mass is 237 g/mol. The molecule has 0 saturated heterocycles. The van der Waals surface area contributed by atoms with Gasteiger partial charge in [-0.2, -0.15) is 10.1 Å². The van der Waals surface area contributed by atoms with E-state index in [4.69, 9.17) is 0 Å². The van der Waals surface area contributed by atoms with Gasteiger partial charge in [0.15, 0.2) is 0 Å². The highest BCUT2D eigenvalue weighted by molar-refractivity contribution is 5.36. The molecular formula is C12H23N5. The molecule has 1 heterocycles. The SMILES string of the molecule is CCCCNc1nncc(NCCC(C)C)n1. The van der Waals surface area contributed by atoms with Crippen LogP contribution < -0.4 is 10.6 Å². The first kappa shape index (κ1) is 13.7. The first-order chi connectivity index (χ1) is 8.22. The van der Waals surface area contributed by atoms with Gasteiger partial charge in [-0.15, -0.1) is 5.10 Å². The van der Waals surface area contributed by atoms with Gasteiger partial charge >= 0.3 is 0 Å². The maximum atomic E-state index is 4.35. The first-order valence-electron chi connectivity index (χ1n) is 6.39. The van der Waals surface area contributed by atoms with Crippen molar-refractivity contribution in [3.63, 3.8) is 0 Å². The molecule has 0 aromatic carbocycles. The van der Waals surface area contributed by atoms with E-state index < -0.39 is 0 Å². The Kier molecular flexibility index (Phi) is 6.29. The molecule has 0 unspecified atom stereocenters. The van der Waals surface area contributed by atoms with E-state index >= 15 is 0 Å². The van der Waals surface area contributed by atoms with Crippen molar-refractivity contribution in [3.05, 3.63) is 6.20 Å². The lowest BCUT2D eigenvalue weighted by Crippen LogP contribution is -2.10. The van der Waals surface area contributed by atoms with E-state index in [0.29, 0.717) is 11.9 Å². The summed E-state index contributed by atoms with van der Waals surface area (Å²) in [7, 11) is 0. The minimum atomic E-state index is 0.605. The van der Waals surface area contributed by atoms with Crippen LogP contribution >= 0.6 is 0 Å². The van der Waals surface area contributed by atoms with Gasteiger partial charge in [0, 0.05) is 13.1 Å². The van der Waals surface area contributed by atoms with Gasteiger partial charge in [0.05, 0.1) is 6.20 Å². The quantitative estimate of drug-likeness (QED) is 0.680. The lowest BCUT2D eigenvalue weighted by atomic mass is 10.1. The minimum absolute atomic E-state index is 0.605. The minimum Gasteiger partial charge on any atom is -0.369 e. The summed E-state index contributed by atoms with van der Waals surface area (Å²) in [5, 5.41) is 14.3. The predicted octanol–water partition coefficient (Wildman–Crippen LogP) is 2.54. The Labute approximate surface area is 103 Å². The van der Waals surface area contributed by atoms with Gasteiger partial charge in [-0.25, -0.2) is 0 Å². The van der Waals surface area contributed by atoms with Crippen molar-refractivity contribution in [2.75, 3.05) is 23.7 Å². The van der Waals surface area contributed by atoms with Crippen LogP contribution in [0.25, 0.3) is 0 Å². The molecular weight excluding hydrogens is 214 g/mol. The van der Waals surface area contributed by atoms with Crippen LogP contribution in [0.1, 0.15) is 40.0 Å². The summed E-state index contributed by atoms with van der Waals surface area (Å²) in [5.41, 5.74) is 0. The van der Waals surface area contributed by atoms with Crippen LogP contribution in [0.15, 0.2) is 6.20 Å². The van der Waals surface area contributed by atoms with Crippen LogP contribution in [0.2, 0.25) is 0 Å². The standard InChI is InChI=1S/C12H23N5/c1-4-5-7-14-12-16-11(9-15-17-12)13-8-6-10(2)3/h9-10H,4-8H2,1-3H3,(H2,13,14,16,17). The number of anilines is 2. The fourth-order valence-corrected chi connectivity index (χ4v) is 1.33. The van der Waals surface area contributed by atoms with Gasteiger partial charge in [0.25, 0.3) is 0 Å². The molecule has 0 spiro atoms. The fourth-order valence-electron chi connectivity index (χ4n) is 1.33. The second-order valence-corrected chi connectivity index (χ2v) is 4.55. The maximum Gasteiger partial charge on any atom is 0.244 e. The second kappa shape index (κ2) is 7.81. The summed E-state index contributed by atoms with van der Waals surface area (Å²) < 4.78 is 0. The van der Waals surface area contributed by atoms with Crippen molar-refractivity contribution in [1.82, 2.24) is 15.2 Å². The molecule has 1 rings (SSSR count). The van der Waals surface area contributed by atoms with E-state index in [1.54, 1.807) is 6.20 Å². The smallest absolute Gasteiger partial charge is 0.244 e. The summed E-state index contributed by atoms with van der Waals surface area (Å²) in [6, 6.07) is 0. The van der Waals surface area contributed by atoms with Crippen molar-refractivity contribution in [2.24, 2.45) is 5.92 Å². The third-order valence-corrected chi connectivity index (χ3v) is 2.40. The molecule has 5 nitrogen and oxygen atoms in total. The van der Waals surface area contributed by atoms with Crippen molar-refractivity contribution < 1.29 is 0 Å². The highest BCUT2D eigenvalue weighted by atomic mass is 15.3.